The molecule has 0 heterocycles. The van der Waals surface area contributed by atoms with Crippen LogP contribution in [0, 0.1) is 5.92 Å². The molecule has 0 radical (unpaired) electrons. The molecule has 3 heteroatoms. The molecule has 0 rings (SSSR count). The van der Waals surface area contributed by atoms with E-state index in [-0.39, 0.29) is 6.61 Å². The maximum absolute atomic E-state index is 8.74. The fourth-order valence-corrected chi connectivity index (χ4v) is 3.68. The lowest BCUT2D eigenvalue weighted by molar-refractivity contribution is 0.0820. The Bertz CT molecular complexity index is 248. The first-order chi connectivity index (χ1) is 12.8. The standard InChI is InChI=1S/C23H49NO2/c1-3-4-5-6-7-8-9-10-11-12-13-14-15-16-17-23(22-24-2)18-20-26-21-19-25/h23-25H,3-22H2,1-2H3. The summed E-state index contributed by atoms with van der Waals surface area (Å²) in [4.78, 5) is 0. The van der Waals surface area contributed by atoms with Gasteiger partial charge in [-0.15, -0.1) is 0 Å². The van der Waals surface area contributed by atoms with E-state index in [4.69, 9.17) is 9.84 Å². The Hall–Kier alpha value is -0.120. The van der Waals surface area contributed by atoms with Crippen LogP contribution in [0.3, 0.4) is 0 Å². The largest absolute Gasteiger partial charge is 0.394 e. The number of aliphatic hydroxyl groups excluding tert-OH is 1. The van der Waals surface area contributed by atoms with E-state index in [1.807, 2.05) is 7.05 Å². The fourth-order valence-electron chi connectivity index (χ4n) is 3.68. The molecule has 0 aromatic carbocycles. The van der Waals surface area contributed by atoms with Crippen LogP contribution in [0.1, 0.15) is 110 Å². The van der Waals surface area contributed by atoms with Crippen molar-refractivity contribution >= 4 is 0 Å². The van der Waals surface area contributed by atoms with Crippen molar-refractivity contribution in [2.75, 3.05) is 33.4 Å². The van der Waals surface area contributed by atoms with Crippen LogP contribution in [-0.2, 0) is 4.74 Å². The minimum Gasteiger partial charge on any atom is -0.394 e. The fraction of sp³-hybridized carbons (Fsp3) is 1.00. The molecule has 2 N–H and O–H groups in total. The Kier molecular flexibility index (Phi) is 22.8. The van der Waals surface area contributed by atoms with Crippen LogP contribution in [-0.4, -0.2) is 38.5 Å². The molecule has 0 fully saturated rings. The van der Waals surface area contributed by atoms with Crippen molar-refractivity contribution in [3.05, 3.63) is 0 Å². The van der Waals surface area contributed by atoms with Gasteiger partial charge in [-0.2, -0.15) is 0 Å². The van der Waals surface area contributed by atoms with Crippen LogP contribution in [0.2, 0.25) is 0 Å². The summed E-state index contributed by atoms with van der Waals surface area (Å²) in [7, 11) is 2.03. The van der Waals surface area contributed by atoms with Gasteiger partial charge in [0.1, 0.15) is 0 Å². The van der Waals surface area contributed by atoms with Gasteiger partial charge in [-0.3, -0.25) is 0 Å². The van der Waals surface area contributed by atoms with Crippen LogP contribution in [0.15, 0.2) is 0 Å². The SMILES string of the molecule is CCCCCCCCCCCCCCCCC(CCOCCO)CNC. The molecule has 0 saturated heterocycles. The van der Waals surface area contributed by atoms with Gasteiger partial charge >= 0.3 is 0 Å². The van der Waals surface area contributed by atoms with Gasteiger partial charge in [-0.05, 0) is 32.4 Å². The second kappa shape index (κ2) is 22.9. The first-order valence-corrected chi connectivity index (χ1v) is 11.7. The molecule has 3 nitrogen and oxygen atoms in total. The highest BCUT2D eigenvalue weighted by molar-refractivity contribution is 4.62. The topological polar surface area (TPSA) is 41.5 Å². The summed E-state index contributed by atoms with van der Waals surface area (Å²) < 4.78 is 5.41. The maximum Gasteiger partial charge on any atom is 0.0697 e. The minimum atomic E-state index is 0.135. The van der Waals surface area contributed by atoms with E-state index >= 15 is 0 Å². The lowest BCUT2D eigenvalue weighted by atomic mass is 9.97. The van der Waals surface area contributed by atoms with Gasteiger partial charge in [0.2, 0.25) is 0 Å². The lowest BCUT2D eigenvalue weighted by Crippen LogP contribution is -2.20. The molecular formula is C23H49NO2. The van der Waals surface area contributed by atoms with E-state index in [2.05, 4.69) is 12.2 Å². The molecular weight excluding hydrogens is 322 g/mol. The Labute approximate surface area is 164 Å². The summed E-state index contributed by atoms with van der Waals surface area (Å²) in [6.07, 6.45) is 22.4. The van der Waals surface area contributed by atoms with Crippen LogP contribution >= 0.6 is 0 Å². The van der Waals surface area contributed by atoms with Gasteiger partial charge in [-0.1, -0.05) is 96.8 Å². The monoisotopic (exact) mass is 371 g/mol. The second-order valence-corrected chi connectivity index (χ2v) is 7.93. The van der Waals surface area contributed by atoms with Crippen molar-refractivity contribution in [2.24, 2.45) is 5.92 Å². The third kappa shape index (κ3) is 20.2. The Morgan fingerprint density at radius 2 is 1.19 bits per heavy atom. The molecule has 1 atom stereocenters. The highest BCUT2D eigenvalue weighted by atomic mass is 16.5. The summed E-state index contributed by atoms with van der Waals surface area (Å²) in [6.45, 7) is 4.77. The second-order valence-electron chi connectivity index (χ2n) is 7.93. The summed E-state index contributed by atoms with van der Waals surface area (Å²) in [5.41, 5.74) is 0. The third-order valence-corrected chi connectivity index (χ3v) is 5.36. The molecule has 1 unspecified atom stereocenters. The van der Waals surface area contributed by atoms with E-state index in [9.17, 15) is 0 Å². The van der Waals surface area contributed by atoms with Crippen molar-refractivity contribution < 1.29 is 9.84 Å². The first kappa shape index (κ1) is 25.9. The normalized spacial score (nSPS) is 12.6. The average Bonchev–Trinajstić information content (AvgIpc) is 2.65. The highest BCUT2D eigenvalue weighted by Gasteiger charge is 2.07. The molecule has 0 saturated carbocycles. The van der Waals surface area contributed by atoms with Gasteiger partial charge in [0.15, 0.2) is 0 Å². The summed E-state index contributed by atoms with van der Waals surface area (Å²) >= 11 is 0. The predicted molar refractivity (Wildman–Crippen MR) is 115 cm³/mol. The molecule has 0 aliphatic carbocycles. The number of unbranched alkanes of at least 4 members (excludes halogenated alkanes) is 13. The summed E-state index contributed by atoms with van der Waals surface area (Å²) in [5, 5.41) is 12.0. The van der Waals surface area contributed by atoms with Crippen LogP contribution in [0.25, 0.3) is 0 Å². The summed E-state index contributed by atoms with van der Waals surface area (Å²) in [5.74, 6) is 0.719. The minimum absolute atomic E-state index is 0.135. The zero-order valence-electron chi connectivity index (χ0n) is 18.1. The van der Waals surface area contributed by atoms with Crippen LogP contribution in [0.4, 0.5) is 0 Å². The molecule has 0 aliphatic rings. The average molecular weight is 372 g/mol. The lowest BCUT2D eigenvalue weighted by Gasteiger charge is -2.16. The Morgan fingerprint density at radius 1 is 0.692 bits per heavy atom. The number of nitrogens with one attached hydrogen (secondary N) is 1. The van der Waals surface area contributed by atoms with Gasteiger partial charge in [-0.25, -0.2) is 0 Å². The van der Waals surface area contributed by atoms with Crippen molar-refractivity contribution in [1.82, 2.24) is 5.32 Å². The molecule has 0 aliphatic heterocycles. The molecule has 0 bridgehead atoms. The van der Waals surface area contributed by atoms with E-state index < -0.39 is 0 Å². The quantitative estimate of drug-likeness (QED) is 0.226. The van der Waals surface area contributed by atoms with Crippen molar-refractivity contribution in [3.63, 3.8) is 0 Å². The van der Waals surface area contributed by atoms with Gasteiger partial charge in [0, 0.05) is 6.61 Å². The number of ether oxygens (including phenoxy) is 1. The van der Waals surface area contributed by atoms with Gasteiger partial charge in [0.05, 0.1) is 13.2 Å². The van der Waals surface area contributed by atoms with Crippen LogP contribution < -0.4 is 5.32 Å². The molecule has 158 valence electrons. The number of aliphatic hydroxyl groups is 1. The Balaban J connectivity index is 3.29. The molecule has 0 aromatic heterocycles. The highest BCUT2D eigenvalue weighted by Crippen LogP contribution is 2.16. The number of rotatable bonds is 22. The van der Waals surface area contributed by atoms with Crippen molar-refractivity contribution in [1.29, 1.82) is 0 Å². The van der Waals surface area contributed by atoms with E-state index in [1.54, 1.807) is 0 Å². The van der Waals surface area contributed by atoms with Crippen molar-refractivity contribution in [3.8, 4) is 0 Å². The zero-order valence-corrected chi connectivity index (χ0v) is 18.1. The number of hydrogen-bond acceptors (Lipinski definition) is 3. The van der Waals surface area contributed by atoms with Gasteiger partial charge < -0.3 is 15.2 Å². The zero-order chi connectivity index (χ0) is 19.1. The Morgan fingerprint density at radius 3 is 1.65 bits per heavy atom. The van der Waals surface area contributed by atoms with E-state index in [0.717, 1.165) is 25.5 Å². The molecule has 0 spiro atoms. The summed E-state index contributed by atoms with van der Waals surface area (Å²) in [6, 6.07) is 0. The molecule has 0 aromatic rings. The molecule has 0 amide bonds. The van der Waals surface area contributed by atoms with Gasteiger partial charge in [0.25, 0.3) is 0 Å². The maximum atomic E-state index is 8.74. The van der Waals surface area contributed by atoms with Crippen LogP contribution in [0.5, 0.6) is 0 Å². The van der Waals surface area contributed by atoms with E-state index in [1.165, 1.54) is 96.3 Å². The molecule has 26 heavy (non-hydrogen) atoms. The first-order valence-electron chi connectivity index (χ1n) is 11.7. The van der Waals surface area contributed by atoms with E-state index in [0.29, 0.717) is 6.61 Å². The van der Waals surface area contributed by atoms with Crippen molar-refractivity contribution in [2.45, 2.75) is 110 Å². The predicted octanol–water partition coefficient (Wildman–Crippen LogP) is 6.09. The third-order valence-electron chi connectivity index (χ3n) is 5.36. The number of hydrogen-bond donors (Lipinski definition) is 2. The smallest absolute Gasteiger partial charge is 0.0697 e.